The Balaban J connectivity index is 2.98. The number of halogens is 3. The molecule has 1 aromatic rings. The second-order valence-corrected chi connectivity index (χ2v) is 4.29. The number of alkyl halides is 3. The summed E-state index contributed by atoms with van der Waals surface area (Å²) in [5, 5.41) is 21.8. The molecule has 5 N–H and O–H groups in total. The number of rotatable bonds is 5. The zero-order valence-electron chi connectivity index (χ0n) is 11.0. The van der Waals surface area contributed by atoms with Crippen LogP contribution in [0.1, 0.15) is 18.6 Å². The van der Waals surface area contributed by atoms with E-state index in [1.165, 1.54) is 6.92 Å². The SMILES string of the molecule is CC(=O)NCC(O)C(O)c1cc(N)ccc1OC(F)(F)F. The van der Waals surface area contributed by atoms with Gasteiger partial charge in [0.25, 0.3) is 0 Å². The molecule has 1 amide bonds. The number of aliphatic hydroxyl groups excluding tert-OH is 2. The number of carbonyl (C=O) groups excluding carboxylic acids is 1. The maximum atomic E-state index is 12.3. The summed E-state index contributed by atoms with van der Waals surface area (Å²) in [6.45, 7) is 0.856. The second kappa shape index (κ2) is 6.64. The van der Waals surface area contributed by atoms with Gasteiger partial charge in [0.15, 0.2) is 0 Å². The van der Waals surface area contributed by atoms with Crippen LogP contribution in [0.2, 0.25) is 0 Å². The van der Waals surface area contributed by atoms with Crippen molar-refractivity contribution >= 4 is 11.6 Å². The number of nitrogens with two attached hydrogens (primary N) is 1. The number of nitrogen functional groups attached to an aromatic ring is 1. The number of amides is 1. The minimum Gasteiger partial charge on any atom is -0.405 e. The predicted molar refractivity (Wildman–Crippen MR) is 67.2 cm³/mol. The molecule has 0 fully saturated rings. The van der Waals surface area contributed by atoms with Crippen LogP contribution in [0.5, 0.6) is 5.75 Å². The fourth-order valence-corrected chi connectivity index (χ4v) is 1.58. The van der Waals surface area contributed by atoms with Crippen molar-refractivity contribution in [2.75, 3.05) is 12.3 Å². The Kier molecular flexibility index (Phi) is 5.39. The molecule has 0 saturated carbocycles. The van der Waals surface area contributed by atoms with E-state index in [4.69, 9.17) is 5.73 Å². The van der Waals surface area contributed by atoms with Gasteiger partial charge in [-0.15, -0.1) is 13.2 Å². The van der Waals surface area contributed by atoms with Crippen LogP contribution in [-0.4, -0.2) is 35.1 Å². The lowest BCUT2D eigenvalue weighted by Gasteiger charge is -2.21. The fourth-order valence-electron chi connectivity index (χ4n) is 1.58. The van der Waals surface area contributed by atoms with Crippen LogP contribution in [0.4, 0.5) is 18.9 Å². The molecule has 9 heteroatoms. The third-order valence-electron chi connectivity index (χ3n) is 2.50. The predicted octanol–water partition coefficient (Wildman–Crippen LogP) is 0.698. The van der Waals surface area contributed by atoms with E-state index < -0.39 is 30.2 Å². The van der Waals surface area contributed by atoms with E-state index in [1.807, 2.05) is 0 Å². The normalized spacial score (nSPS) is 14.4. The Hall–Kier alpha value is -2.00. The first kappa shape index (κ1) is 17.1. The number of nitrogens with one attached hydrogen (secondary N) is 1. The molecule has 0 heterocycles. The highest BCUT2D eigenvalue weighted by Gasteiger charge is 2.33. The van der Waals surface area contributed by atoms with Gasteiger partial charge in [-0.05, 0) is 18.2 Å². The van der Waals surface area contributed by atoms with Gasteiger partial charge in [0, 0.05) is 24.7 Å². The van der Waals surface area contributed by atoms with Crippen LogP contribution in [0.25, 0.3) is 0 Å². The van der Waals surface area contributed by atoms with Gasteiger partial charge in [0.1, 0.15) is 18.0 Å². The molecule has 0 saturated heterocycles. The lowest BCUT2D eigenvalue weighted by molar-refractivity contribution is -0.275. The van der Waals surface area contributed by atoms with Gasteiger partial charge in [0.05, 0.1) is 0 Å². The van der Waals surface area contributed by atoms with Crippen LogP contribution in [0.15, 0.2) is 18.2 Å². The first-order chi connectivity index (χ1) is 9.60. The van der Waals surface area contributed by atoms with Crippen molar-refractivity contribution in [3.63, 3.8) is 0 Å². The van der Waals surface area contributed by atoms with E-state index in [9.17, 15) is 28.2 Å². The number of benzene rings is 1. The largest absolute Gasteiger partial charge is 0.573 e. The zero-order valence-corrected chi connectivity index (χ0v) is 11.0. The lowest BCUT2D eigenvalue weighted by atomic mass is 10.0. The summed E-state index contributed by atoms with van der Waals surface area (Å²) in [7, 11) is 0. The minimum absolute atomic E-state index is 0.0882. The second-order valence-electron chi connectivity index (χ2n) is 4.29. The van der Waals surface area contributed by atoms with Gasteiger partial charge in [-0.2, -0.15) is 0 Å². The molecule has 0 aliphatic carbocycles. The van der Waals surface area contributed by atoms with Crippen LogP contribution >= 0.6 is 0 Å². The molecule has 0 spiro atoms. The molecule has 1 rings (SSSR count). The highest BCUT2D eigenvalue weighted by molar-refractivity contribution is 5.72. The Morgan fingerprint density at radius 3 is 2.57 bits per heavy atom. The number of aliphatic hydroxyl groups is 2. The molecule has 0 bridgehead atoms. The van der Waals surface area contributed by atoms with Crippen molar-refractivity contribution in [2.24, 2.45) is 0 Å². The molecule has 2 unspecified atom stereocenters. The maximum absolute atomic E-state index is 12.3. The maximum Gasteiger partial charge on any atom is 0.573 e. The standard InChI is InChI=1S/C12H15F3N2O4/c1-6(18)17-5-9(19)11(20)8-4-7(16)2-3-10(8)21-12(13,14)15/h2-4,9,11,19-20H,5,16H2,1H3,(H,17,18). The average Bonchev–Trinajstić information content (AvgIpc) is 2.35. The van der Waals surface area contributed by atoms with Gasteiger partial charge in [-0.1, -0.05) is 0 Å². The molecule has 0 radical (unpaired) electrons. The van der Waals surface area contributed by atoms with E-state index in [0.29, 0.717) is 0 Å². The van der Waals surface area contributed by atoms with Crippen LogP contribution in [0.3, 0.4) is 0 Å². The Bertz CT molecular complexity index is 508. The van der Waals surface area contributed by atoms with Crippen LogP contribution in [0, 0.1) is 0 Å². The quantitative estimate of drug-likeness (QED) is 0.599. The van der Waals surface area contributed by atoms with Gasteiger partial charge in [-0.25, -0.2) is 0 Å². The molecular weight excluding hydrogens is 293 g/mol. The molecule has 21 heavy (non-hydrogen) atoms. The molecule has 118 valence electrons. The smallest absolute Gasteiger partial charge is 0.405 e. The molecule has 0 aromatic heterocycles. The van der Waals surface area contributed by atoms with E-state index in [1.54, 1.807) is 0 Å². The van der Waals surface area contributed by atoms with Gasteiger partial charge >= 0.3 is 6.36 Å². The Morgan fingerprint density at radius 1 is 1.43 bits per heavy atom. The average molecular weight is 308 g/mol. The number of anilines is 1. The highest BCUT2D eigenvalue weighted by atomic mass is 19.4. The first-order valence-electron chi connectivity index (χ1n) is 5.86. The van der Waals surface area contributed by atoms with E-state index >= 15 is 0 Å². The molecule has 0 aliphatic rings. The fraction of sp³-hybridized carbons (Fsp3) is 0.417. The summed E-state index contributed by atoms with van der Waals surface area (Å²) >= 11 is 0. The van der Waals surface area contributed by atoms with Crippen LogP contribution in [-0.2, 0) is 4.79 Å². The zero-order chi connectivity index (χ0) is 16.2. The van der Waals surface area contributed by atoms with Crippen LogP contribution < -0.4 is 15.8 Å². The summed E-state index contributed by atoms with van der Waals surface area (Å²) in [5.74, 6) is -1.13. The number of carbonyl (C=O) groups is 1. The topological polar surface area (TPSA) is 105 Å². The van der Waals surface area contributed by atoms with Crippen molar-refractivity contribution in [2.45, 2.75) is 25.5 Å². The number of hydrogen-bond donors (Lipinski definition) is 4. The van der Waals surface area contributed by atoms with Crippen molar-refractivity contribution in [1.29, 1.82) is 0 Å². The van der Waals surface area contributed by atoms with Crippen molar-refractivity contribution in [3.05, 3.63) is 23.8 Å². The first-order valence-corrected chi connectivity index (χ1v) is 5.86. The summed E-state index contributed by atoms with van der Waals surface area (Å²) in [5.41, 5.74) is 5.21. The summed E-state index contributed by atoms with van der Waals surface area (Å²) in [4.78, 5) is 10.7. The summed E-state index contributed by atoms with van der Waals surface area (Å²) in [6, 6.07) is 3.16. The van der Waals surface area contributed by atoms with Gasteiger partial charge in [0.2, 0.25) is 5.91 Å². The van der Waals surface area contributed by atoms with E-state index in [-0.39, 0.29) is 17.8 Å². The Morgan fingerprint density at radius 2 is 2.05 bits per heavy atom. The van der Waals surface area contributed by atoms with Gasteiger partial charge < -0.3 is 26.0 Å². The monoisotopic (exact) mass is 308 g/mol. The number of hydrogen-bond acceptors (Lipinski definition) is 5. The highest BCUT2D eigenvalue weighted by Crippen LogP contribution is 2.33. The summed E-state index contributed by atoms with van der Waals surface area (Å²) < 4.78 is 40.6. The van der Waals surface area contributed by atoms with Crippen molar-refractivity contribution < 1.29 is 32.9 Å². The van der Waals surface area contributed by atoms with E-state index in [2.05, 4.69) is 10.1 Å². The Labute approximate surface area is 118 Å². The molecule has 1 aromatic carbocycles. The molecule has 2 atom stereocenters. The minimum atomic E-state index is -4.95. The number of ether oxygens (including phenoxy) is 1. The molecule has 0 aliphatic heterocycles. The van der Waals surface area contributed by atoms with Crippen molar-refractivity contribution in [1.82, 2.24) is 5.32 Å². The lowest BCUT2D eigenvalue weighted by Crippen LogP contribution is -2.34. The third kappa shape index (κ3) is 5.48. The van der Waals surface area contributed by atoms with Gasteiger partial charge in [-0.3, -0.25) is 4.79 Å². The molecular formula is C12H15F3N2O4. The van der Waals surface area contributed by atoms with Crippen molar-refractivity contribution in [3.8, 4) is 5.75 Å². The summed E-state index contributed by atoms with van der Waals surface area (Å²) in [6.07, 6.45) is -8.18. The molecule has 6 nitrogen and oxygen atoms in total. The third-order valence-corrected chi connectivity index (χ3v) is 2.50. The van der Waals surface area contributed by atoms with E-state index in [0.717, 1.165) is 18.2 Å².